The van der Waals surface area contributed by atoms with Gasteiger partial charge in [0.1, 0.15) is 0 Å². The minimum Gasteiger partial charge on any atom is -0.458 e. The zero-order chi connectivity index (χ0) is 11.9. The Labute approximate surface area is 97.5 Å². The van der Waals surface area contributed by atoms with Crippen LogP contribution in [0.25, 0.3) is 0 Å². The first kappa shape index (κ1) is 15.1. The van der Waals surface area contributed by atoms with E-state index >= 15 is 0 Å². The first-order chi connectivity index (χ1) is 6.83. The Morgan fingerprint density at radius 3 is 2.40 bits per heavy atom. The molecule has 0 aliphatic heterocycles. The van der Waals surface area contributed by atoms with Gasteiger partial charge in [0, 0.05) is 6.61 Å². The Balaban J connectivity index is 3.52. The van der Waals surface area contributed by atoms with Gasteiger partial charge in [0.05, 0.1) is 6.61 Å². The third-order valence-electron chi connectivity index (χ3n) is 1.97. The third-order valence-corrected chi connectivity index (χ3v) is 7.97. The fourth-order valence-corrected chi connectivity index (χ4v) is 8.12. The first-order valence-corrected chi connectivity index (χ1v) is 11.6. The Morgan fingerprint density at radius 1 is 1.33 bits per heavy atom. The van der Waals surface area contributed by atoms with Gasteiger partial charge in [-0.1, -0.05) is 12.2 Å². The summed E-state index contributed by atoms with van der Waals surface area (Å²) >= 11 is 0. The molecule has 4 heteroatoms. The molecular formula is C11H26O2Si2. The molecule has 0 saturated carbocycles. The summed E-state index contributed by atoms with van der Waals surface area (Å²) in [6.45, 7) is 16.4. The van der Waals surface area contributed by atoms with Crippen LogP contribution in [0.1, 0.15) is 13.3 Å². The van der Waals surface area contributed by atoms with Gasteiger partial charge in [-0.25, -0.2) is 0 Å². The maximum atomic E-state index is 6.07. The van der Waals surface area contributed by atoms with E-state index in [0.29, 0.717) is 6.61 Å². The SMILES string of the molecule is C=C(C)COCCC[Si](C)(C)O[SiH](C)C. The molecule has 2 nitrogen and oxygen atoms in total. The normalized spacial score (nSPS) is 12.1. The van der Waals surface area contributed by atoms with Crippen molar-refractivity contribution >= 4 is 17.4 Å². The summed E-state index contributed by atoms with van der Waals surface area (Å²) in [4.78, 5) is 0. The Morgan fingerprint density at radius 2 is 1.93 bits per heavy atom. The van der Waals surface area contributed by atoms with Crippen LogP contribution in [0.4, 0.5) is 0 Å². The van der Waals surface area contributed by atoms with Gasteiger partial charge in [0.15, 0.2) is 17.4 Å². The highest BCUT2D eigenvalue weighted by Crippen LogP contribution is 2.15. The van der Waals surface area contributed by atoms with Crippen LogP contribution in [-0.4, -0.2) is 30.6 Å². The van der Waals surface area contributed by atoms with Gasteiger partial charge in [0.25, 0.3) is 0 Å². The topological polar surface area (TPSA) is 18.5 Å². The van der Waals surface area contributed by atoms with Gasteiger partial charge in [-0.05, 0) is 45.6 Å². The van der Waals surface area contributed by atoms with E-state index in [1.54, 1.807) is 0 Å². The molecule has 0 fully saturated rings. The molecule has 0 saturated heterocycles. The minimum atomic E-state index is -1.38. The summed E-state index contributed by atoms with van der Waals surface area (Å²) in [5.41, 5.74) is 1.09. The van der Waals surface area contributed by atoms with E-state index in [1.807, 2.05) is 6.92 Å². The standard InChI is InChI=1S/C11H26O2Si2/c1-11(2)10-12-8-7-9-15(5,6)13-14(3)4/h14H,1,7-10H2,2-6H3. The summed E-state index contributed by atoms with van der Waals surface area (Å²) in [6.07, 6.45) is 1.12. The van der Waals surface area contributed by atoms with Crippen LogP contribution in [0.15, 0.2) is 12.2 Å². The maximum Gasteiger partial charge on any atom is 0.173 e. The fraction of sp³-hybridized carbons (Fsp3) is 0.818. The zero-order valence-electron chi connectivity index (χ0n) is 10.9. The Bertz CT molecular complexity index is 191. The summed E-state index contributed by atoms with van der Waals surface area (Å²) in [7, 11) is -2.25. The molecule has 0 N–H and O–H groups in total. The van der Waals surface area contributed by atoms with Crippen LogP contribution in [0, 0.1) is 0 Å². The Kier molecular flexibility index (Phi) is 7.43. The lowest BCUT2D eigenvalue weighted by atomic mass is 10.4. The molecule has 0 aromatic carbocycles. The third kappa shape index (κ3) is 10.4. The largest absolute Gasteiger partial charge is 0.458 e. The maximum absolute atomic E-state index is 6.07. The van der Waals surface area contributed by atoms with Crippen molar-refractivity contribution in [1.29, 1.82) is 0 Å². The molecular weight excluding hydrogens is 220 g/mol. The van der Waals surface area contributed by atoms with E-state index in [1.165, 1.54) is 6.04 Å². The monoisotopic (exact) mass is 246 g/mol. The van der Waals surface area contributed by atoms with E-state index in [9.17, 15) is 0 Å². The van der Waals surface area contributed by atoms with Crippen LogP contribution in [0.3, 0.4) is 0 Å². The van der Waals surface area contributed by atoms with Crippen molar-refractivity contribution in [2.24, 2.45) is 0 Å². The van der Waals surface area contributed by atoms with E-state index in [-0.39, 0.29) is 0 Å². The molecule has 0 unspecified atom stereocenters. The lowest BCUT2D eigenvalue weighted by Crippen LogP contribution is -2.35. The van der Waals surface area contributed by atoms with Gasteiger partial charge in [-0.15, -0.1) is 0 Å². The number of hydrogen-bond donors (Lipinski definition) is 0. The van der Waals surface area contributed by atoms with Crippen molar-refractivity contribution < 1.29 is 8.85 Å². The predicted octanol–water partition coefficient (Wildman–Crippen LogP) is 3.17. The van der Waals surface area contributed by atoms with Crippen molar-refractivity contribution in [2.75, 3.05) is 13.2 Å². The van der Waals surface area contributed by atoms with Crippen molar-refractivity contribution in [3.8, 4) is 0 Å². The van der Waals surface area contributed by atoms with Crippen molar-refractivity contribution in [3.63, 3.8) is 0 Å². The lowest BCUT2D eigenvalue weighted by molar-refractivity contribution is 0.156. The van der Waals surface area contributed by atoms with Crippen molar-refractivity contribution in [2.45, 2.75) is 45.6 Å². The highest BCUT2D eigenvalue weighted by Gasteiger charge is 2.22. The highest BCUT2D eigenvalue weighted by atomic mass is 28.4. The summed E-state index contributed by atoms with van der Waals surface area (Å²) in [5, 5.41) is 0. The molecule has 0 rings (SSSR count). The second kappa shape index (κ2) is 7.38. The first-order valence-electron chi connectivity index (χ1n) is 5.73. The molecule has 0 radical (unpaired) electrons. The molecule has 90 valence electrons. The van der Waals surface area contributed by atoms with Crippen LogP contribution >= 0.6 is 0 Å². The van der Waals surface area contributed by atoms with Crippen LogP contribution in [-0.2, 0) is 8.85 Å². The molecule has 0 atom stereocenters. The quantitative estimate of drug-likeness (QED) is 0.372. The van der Waals surface area contributed by atoms with Gasteiger partial charge in [-0.3, -0.25) is 0 Å². The number of rotatable bonds is 8. The Hall–Kier alpha value is 0.0938. The van der Waals surface area contributed by atoms with E-state index in [0.717, 1.165) is 18.6 Å². The molecule has 0 aliphatic rings. The van der Waals surface area contributed by atoms with Gasteiger partial charge in [-0.2, -0.15) is 0 Å². The fourth-order valence-electron chi connectivity index (χ4n) is 1.54. The molecule has 0 aromatic heterocycles. The van der Waals surface area contributed by atoms with Gasteiger partial charge >= 0.3 is 0 Å². The second-order valence-corrected chi connectivity index (χ2v) is 12.1. The van der Waals surface area contributed by atoms with Crippen LogP contribution < -0.4 is 0 Å². The average Bonchev–Trinajstić information content (AvgIpc) is 1.99. The lowest BCUT2D eigenvalue weighted by Gasteiger charge is -2.25. The van der Waals surface area contributed by atoms with Crippen LogP contribution in [0.5, 0.6) is 0 Å². The van der Waals surface area contributed by atoms with Crippen molar-refractivity contribution in [1.82, 2.24) is 0 Å². The van der Waals surface area contributed by atoms with Gasteiger partial charge in [0.2, 0.25) is 0 Å². The summed E-state index contributed by atoms with van der Waals surface area (Å²) < 4.78 is 11.5. The molecule has 0 amide bonds. The highest BCUT2D eigenvalue weighted by molar-refractivity contribution is 6.77. The molecule has 0 spiro atoms. The van der Waals surface area contributed by atoms with E-state index < -0.39 is 17.4 Å². The molecule has 15 heavy (non-hydrogen) atoms. The molecule has 0 aliphatic carbocycles. The minimum absolute atomic E-state index is 0.696. The van der Waals surface area contributed by atoms with E-state index in [2.05, 4.69) is 32.8 Å². The predicted molar refractivity (Wildman–Crippen MR) is 72.5 cm³/mol. The van der Waals surface area contributed by atoms with Gasteiger partial charge < -0.3 is 8.85 Å². The van der Waals surface area contributed by atoms with E-state index in [4.69, 9.17) is 8.85 Å². The summed E-state index contributed by atoms with van der Waals surface area (Å²) in [5.74, 6) is 0. The molecule has 0 bridgehead atoms. The molecule has 0 aromatic rings. The zero-order valence-corrected chi connectivity index (χ0v) is 13.1. The smallest absolute Gasteiger partial charge is 0.173 e. The second-order valence-electron chi connectivity index (χ2n) is 5.04. The van der Waals surface area contributed by atoms with Crippen LogP contribution in [0.2, 0.25) is 32.2 Å². The summed E-state index contributed by atoms with van der Waals surface area (Å²) in [6, 6.07) is 1.20. The van der Waals surface area contributed by atoms with Crippen molar-refractivity contribution in [3.05, 3.63) is 12.2 Å². The average molecular weight is 246 g/mol. The number of hydrogen-bond acceptors (Lipinski definition) is 2. The molecule has 0 heterocycles. The number of ether oxygens (including phenoxy) is 1.